The number of hydrogen-bond donors (Lipinski definition) is 1. The van der Waals surface area contributed by atoms with Gasteiger partial charge in [0.05, 0.1) is 17.1 Å². The number of carbonyl (C=O) groups is 1. The number of aliphatic carboxylic acids is 1. The zero-order valence-electron chi connectivity index (χ0n) is 31.8. The molecule has 0 aliphatic carbocycles. The topological polar surface area (TPSA) is 119 Å². The molecule has 8 nitrogen and oxygen atoms in total. The fraction of sp³-hybridized carbons (Fsp3) is 0.154. The summed E-state index contributed by atoms with van der Waals surface area (Å²) < 4.78 is 118. The van der Waals surface area contributed by atoms with Crippen LogP contribution < -0.4 is 0 Å². The normalized spacial score (nSPS) is 19.8. The minimum absolute atomic E-state index is 0. The second-order valence-electron chi connectivity index (χ2n) is 12.6. The summed E-state index contributed by atoms with van der Waals surface area (Å²) in [5.74, 6) is -0.713. The van der Waals surface area contributed by atoms with Gasteiger partial charge >= 0.3 is 91.4 Å². The number of hydrogen-bond acceptors (Lipinski definition) is 3. The first kappa shape index (κ1) is 52.9. The van der Waals surface area contributed by atoms with E-state index in [2.05, 4.69) is 43.4 Å². The Morgan fingerprint density at radius 3 is 1.39 bits per heavy atom. The van der Waals surface area contributed by atoms with Crippen LogP contribution in [0.2, 0.25) is 0 Å². The van der Waals surface area contributed by atoms with E-state index in [1.54, 1.807) is 24.8 Å². The van der Waals surface area contributed by atoms with Crippen LogP contribution >= 0.6 is 15.6 Å². The first-order valence-corrected chi connectivity index (χ1v) is 21.7. The molecule has 0 bridgehead atoms. The summed E-state index contributed by atoms with van der Waals surface area (Å²) in [5.41, 5.74) is 9.17. The number of aliphatic imine (C=N–C) groups is 1. The van der Waals surface area contributed by atoms with Gasteiger partial charge in [-0.2, -0.15) is 47.6 Å². The molecule has 5 aliphatic heterocycles. The molecule has 6 heterocycles. The van der Waals surface area contributed by atoms with Crippen LogP contribution in [0.1, 0.15) is 42.5 Å². The van der Waals surface area contributed by atoms with Crippen LogP contribution in [0.4, 0.5) is 56.1 Å². The van der Waals surface area contributed by atoms with Crippen molar-refractivity contribution in [3.8, 4) is 0 Å². The molecular weight excluding hydrogens is 975 g/mol. The van der Waals surface area contributed by atoms with Gasteiger partial charge in [-0.25, -0.2) is 0 Å². The van der Waals surface area contributed by atoms with Crippen molar-refractivity contribution in [2.24, 2.45) is 4.99 Å². The van der Waals surface area contributed by atoms with Crippen molar-refractivity contribution in [1.82, 2.24) is 4.98 Å². The Bertz CT molecular complexity index is 2070. The van der Waals surface area contributed by atoms with Gasteiger partial charge in [0, 0.05) is 19.0 Å². The van der Waals surface area contributed by atoms with Gasteiger partial charge < -0.3 is 26.4 Å². The van der Waals surface area contributed by atoms with E-state index in [1.165, 1.54) is 11.1 Å². The van der Waals surface area contributed by atoms with E-state index in [1.807, 2.05) is 103 Å². The number of carboxylic acids is 1. The summed E-state index contributed by atoms with van der Waals surface area (Å²) in [4.78, 5) is 19.6. The maximum absolute atomic E-state index is 10.7. The number of pyridine rings is 1. The molecule has 23 heteroatoms. The Morgan fingerprint density at radius 1 is 0.597 bits per heavy atom. The number of aromatic nitrogens is 1. The third kappa shape index (κ3) is 27.6. The van der Waals surface area contributed by atoms with Crippen molar-refractivity contribution in [1.29, 1.82) is 0 Å². The molecule has 0 amide bonds. The van der Waals surface area contributed by atoms with E-state index in [-0.39, 0.29) is 25.9 Å². The first-order chi connectivity index (χ1) is 28.1. The zero-order valence-corrected chi connectivity index (χ0v) is 35.4. The van der Waals surface area contributed by atoms with E-state index >= 15 is 0 Å². The van der Waals surface area contributed by atoms with Crippen LogP contribution in [-0.2, 0) is 37.1 Å². The van der Waals surface area contributed by atoms with E-state index in [0.29, 0.717) is 0 Å². The number of carboxylic acid groups (broad SMARTS) is 1. The molecule has 0 unspecified atom stereocenters. The van der Waals surface area contributed by atoms with Gasteiger partial charge in [-0.3, -0.25) is 14.8 Å². The van der Waals surface area contributed by atoms with Gasteiger partial charge in [-0.1, -0.05) is 97.5 Å². The van der Waals surface area contributed by atoms with Gasteiger partial charge in [0.2, 0.25) is 0 Å². The molecule has 2 aromatic rings. The summed E-state index contributed by atoms with van der Waals surface area (Å²) in [5, 5.41) is 25.4. The smallest absolute Gasteiger partial charge is 0.481 e. The average Bonchev–Trinajstić information content (AvgIpc) is 3.62. The molecule has 338 valence electrons. The van der Waals surface area contributed by atoms with Crippen LogP contribution in [-0.4, -0.2) is 21.8 Å². The Hall–Kier alpha value is -5.25. The fourth-order valence-electron chi connectivity index (χ4n) is 4.91. The summed E-state index contributed by atoms with van der Waals surface area (Å²) in [6.07, 6.45) is 36.8. The summed E-state index contributed by atoms with van der Waals surface area (Å²) in [7, 11) is -21.3. The average molecular weight is 1010 g/mol. The number of benzene rings is 1. The van der Waals surface area contributed by atoms with Crippen molar-refractivity contribution in [3.63, 3.8) is 0 Å². The molecule has 1 aromatic heterocycles. The van der Waals surface area contributed by atoms with Crippen molar-refractivity contribution in [2.75, 3.05) is 0 Å². The molecule has 7 rings (SSSR count). The number of fused-ring (bicyclic) bond motifs is 1. The van der Waals surface area contributed by atoms with Gasteiger partial charge in [-0.15, -0.1) is 0 Å². The van der Waals surface area contributed by atoms with Crippen molar-refractivity contribution in [3.05, 3.63) is 201 Å². The molecule has 0 saturated carbocycles. The number of para-hydroxylation sites is 1. The monoisotopic (exact) mass is 1010 g/mol. The third-order valence-electron chi connectivity index (χ3n) is 7.27. The molecule has 5 aliphatic rings. The summed E-state index contributed by atoms with van der Waals surface area (Å²) in [6, 6.07) is 12.3. The molecule has 0 atom stereocenters. The standard InChI is InChI=1S/C19H20N2O2.2C10H8N2.2F6P.Ru/c22-19(23)9-3-1-2-6-14-10-11-20-17(12-14)18-13-15-7-4-5-8-16(15)21-18;2*1-3-7-11-9(5-1)10-6-2-4-8-12-10;2*1-7(2,3,4,5)6;/h4-5,7-8,10-12H,1-3,6,9,13H2,(H,22,23);2*1-8H;;;/q;2*-2;2*-1;+4. The number of unbranched alkanes of at least 4 members (excludes halogenated alkanes) is 2. The van der Waals surface area contributed by atoms with E-state index in [0.717, 1.165) is 72.0 Å². The van der Waals surface area contributed by atoms with E-state index in [9.17, 15) is 55.2 Å². The molecule has 0 fully saturated rings. The second-order valence-corrected chi connectivity index (χ2v) is 16.5. The fourth-order valence-corrected chi connectivity index (χ4v) is 4.91. The SMILES string of the molecule is C1=C[N-]C(=C2C=CC=C[N-]2)C=C1.C1=C[N-]C(=C2C=CC=C[N-]2)C=C1.F[P-](F)(F)(F)(F)F.F[P-](F)(F)(F)(F)F.O=C(O)CCCCCc1ccnc(C2=Nc3ccccc3C2)c1.[Ru+4]. The molecule has 0 saturated heterocycles. The molecule has 0 radical (unpaired) electrons. The summed E-state index contributed by atoms with van der Waals surface area (Å²) in [6.45, 7) is 0. The van der Waals surface area contributed by atoms with E-state index < -0.39 is 21.6 Å². The maximum Gasteiger partial charge on any atom is 4.00 e. The number of aryl methyl sites for hydroxylation is 1. The minimum atomic E-state index is -10.7. The van der Waals surface area contributed by atoms with Gasteiger partial charge in [0.1, 0.15) is 0 Å². The van der Waals surface area contributed by atoms with Crippen molar-refractivity contribution in [2.45, 2.75) is 38.5 Å². The van der Waals surface area contributed by atoms with Crippen molar-refractivity contribution >= 4 is 33.0 Å². The van der Waals surface area contributed by atoms with E-state index in [4.69, 9.17) is 5.11 Å². The van der Waals surface area contributed by atoms with Crippen molar-refractivity contribution < 1.29 is 79.7 Å². The Labute approximate surface area is 361 Å². The third-order valence-corrected chi connectivity index (χ3v) is 7.27. The molecule has 1 N–H and O–H groups in total. The molecular formula is C39H36F12N6O2P2Ru-2. The Kier molecular flexibility index (Phi) is 17.7. The second kappa shape index (κ2) is 20.7. The predicted molar refractivity (Wildman–Crippen MR) is 218 cm³/mol. The number of allylic oxidation sites excluding steroid dienone is 12. The van der Waals surface area contributed by atoms with Crippen LogP contribution in [0.15, 0.2) is 168 Å². The van der Waals surface area contributed by atoms with Crippen LogP contribution in [0.3, 0.4) is 0 Å². The Balaban J connectivity index is 0.000000290. The first-order valence-electron chi connectivity index (χ1n) is 17.7. The largest absolute Gasteiger partial charge is 4.00 e. The van der Waals surface area contributed by atoms with Crippen LogP contribution in [0, 0.1) is 0 Å². The van der Waals surface area contributed by atoms with Gasteiger partial charge in [0.15, 0.2) is 0 Å². The quantitative estimate of drug-likeness (QED) is 0.129. The zero-order chi connectivity index (χ0) is 45.3. The number of halogens is 12. The number of nitrogens with zero attached hydrogens (tertiary/aromatic N) is 6. The van der Waals surface area contributed by atoms with Gasteiger partial charge in [0.25, 0.3) is 0 Å². The molecule has 0 spiro atoms. The van der Waals surface area contributed by atoms with Crippen LogP contribution in [0.5, 0.6) is 0 Å². The minimum Gasteiger partial charge on any atom is -0.481 e. The summed E-state index contributed by atoms with van der Waals surface area (Å²) >= 11 is 0. The van der Waals surface area contributed by atoms with Crippen LogP contribution in [0.25, 0.3) is 21.3 Å². The number of rotatable bonds is 7. The molecule has 1 aromatic carbocycles. The van der Waals surface area contributed by atoms with Gasteiger partial charge in [-0.05, 0) is 48.6 Å². The Morgan fingerprint density at radius 2 is 1.02 bits per heavy atom. The predicted octanol–water partition coefficient (Wildman–Crippen LogP) is 16.9. The molecule has 62 heavy (non-hydrogen) atoms. The maximum atomic E-state index is 10.5.